The highest BCUT2D eigenvalue weighted by atomic mass is 16.5. The molecule has 0 aromatic heterocycles. The monoisotopic (exact) mass is 292 g/mol. The van der Waals surface area contributed by atoms with Crippen molar-refractivity contribution in [3.8, 4) is 11.5 Å². The number of nitrogens with two attached hydrogens (primary N) is 1. The second-order valence-electron chi connectivity index (χ2n) is 4.57. The number of ether oxygens (including phenoxy) is 2. The molecule has 2 N–H and O–H groups in total. The van der Waals surface area contributed by atoms with E-state index >= 15 is 0 Å². The van der Waals surface area contributed by atoms with E-state index in [0.717, 1.165) is 0 Å². The predicted molar refractivity (Wildman–Crippen MR) is 74.6 cm³/mol. The van der Waals surface area contributed by atoms with Crippen molar-refractivity contribution in [3.05, 3.63) is 17.7 Å². The fourth-order valence-corrected chi connectivity index (χ4v) is 2.14. The smallest absolute Gasteiger partial charge is 0.268 e. The average Bonchev–Trinajstić information content (AvgIpc) is 2.44. The molecule has 0 fully saturated rings. The Hall–Kier alpha value is -2.57. The van der Waals surface area contributed by atoms with Crippen LogP contribution >= 0.6 is 0 Å². The molecule has 1 aromatic rings. The van der Waals surface area contributed by atoms with Crippen molar-refractivity contribution >= 4 is 23.8 Å². The van der Waals surface area contributed by atoms with Gasteiger partial charge in [-0.1, -0.05) is 0 Å². The SMILES string of the molecule is CCOc1cc(C=O)cc2c1OC(C)C(=O)N2CC(N)=O. The lowest BCUT2D eigenvalue weighted by atomic mass is 10.1. The summed E-state index contributed by atoms with van der Waals surface area (Å²) in [6, 6.07) is 3.00. The maximum atomic E-state index is 12.2. The fraction of sp³-hybridized carbons (Fsp3) is 0.357. The molecule has 112 valence electrons. The number of benzene rings is 1. The van der Waals surface area contributed by atoms with E-state index in [1.54, 1.807) is 13.8 Å². The average molecular weight is 292 g/mol. The first-order valence-corrected chi connectivity index (χ1v) is 6.50. The summed E-state index contributed by atoms with van der Waals surface area (Å²) < 4.78 is 11.0. The molecule has 1 atom stereocenters. The number of hydrogen-bond donors (Lipinski definition) is 1. The van der Waals surface area contributed by atoms with Crippen LogP contribution in [0.5, 0.6) is 11.5 Å². The first-order valence-electron chi connectivity index (χ1n) is 6.50. The maximum Gasteiger partial charge on any atom is 0.268 e. The van der Waals surface area contributed by atoms with E-state index in [-0.39, 0.29) is 6.54 Å². The van der Waals surface area contributed by atoms with Gasteiger partial charge in [0.1, 0.15) is 12.8 Å². The summed E-state index contributed by atoms with van der Waals surface area (Å²) in [5.41, 5.74) is 5.81. The predicted octanol–water partition coefficient (Wildman–Crippen LogP) is 0.497. The largest absolute Gasteiger partial charge is 0.490 e. The zero-order valence-corrected chi connectivity index (χ0v) is 11.8. The molecule has 7 heteroatoms. The third-order valence-corrected chi connectivity index (χ3v) is 3.01. The van der Waals surface area contributed by atoms with E-state index in [1.165, 1.54) is 17.0 Å². The number of carbonyl (C=O) groups is 3. The van der Waals surface area contributed by atoms with E-state index in [2.05, 4.69) is 0 Å². The van der Waals surface area contributed by atoms with Gasteiger partial charge in [-0.3, -0.25) is 19.3 Å². The molecular weight excluding hydrogens is 276 g/mol. The molecule has 1 heterocycles. The standard InChI is InChI=1S/C14H16N2O5/c1-3-20-11-5-9(7-17)4-10-13(11)21-8(2)14(19)16(10)6-12(15)18/h4-5,7-8H,3,6H2,1-2H3,(H2,15,18). The quantitative estimate of drug-likeness (QED) is 0.797. The summed E-state index contributed by atoms with van der Waals surface area (Å²) in [4.78, 5) is 35.6. The Morgan fingerprint density at radius 1 is 1.52 bits per heavy atom. The molecule has 7 nitrogen and oxygen atoms in total. The van der Waals surface area contributed by atoms with Crippen molar-refractivity contribution in [2.45, 2.75) is 20.0 Å². The van der Waals surface area contributed by atoms with Crippen molar-refractivity contribution in [1.82, 2.24) is 0 Å². The molecule has 21 heavy (non-hydrogen) atoms. The second kappa shape index (κ2) is 5.82. The van der Waals surface area contributed by atoms with Crippen LogP contribution < -0.4 is 20.1 Å². The Morgan fingerprint density at radius 3 is 2.81 bits per heavy atom. The minimum atomic E-state index is -0.766. The first kappa shape index (κ1) is 14.8. The van der Waals surface area contributed by atoms with Gasteiger partial charge in [-0.25, -0.2) is 0 Å². The third kappa shape index (κ3) is 2.81. The number of amides is 2. The zero-order chi connectivity index (χ0) is 15.6. The van der Waals surface area contributed by atoms with Crippen LogP contribution in [-0.4, -0.2) is 37.4 Å². The number of anilines is 1. The van der Waals surface area contributed by atoms with E-state index < -0.39 is 17.9 Å². The minimum Gasteiger partial charge on any atom is -0.490 e. The first-order chi connectivity index (χ1) is 9.97. The van der Waals surface area contributed by atoms with Crippen LogP contribution in [0.25, 0.3) is 0 Å². The van der Waals surface area contributed by atoms with Gasteiger partial charge < -0.3 is 15.2 Å². The van der Waals surface area contributed by atoms with E-state index in [0.29, 0.717) is 35.6 Å². The molecule has 0 spiro atoms. The molecule has 0 saturated heterocycles. The molecule has 1 aliphatic heterocycles. The van der Waals surface area contributed by atoms with Gasteiger partial charge in [0.25, 0.3) is 5.91 Å². The summed E-state index contributed by atoms with van der Waals surface area (Å²) in [6.07, 6.45) is -0.133. The number of fused-ring (bicyclic) bond motifs is 1. The second-order valence-corrected chi connectivity index (χ2v) is 4.57. The summed E-state index contributed by atoms with van der Waals surface area (Å²) in [6.45, 7) is 3.45. The molecule has 2 amide bonds. The Morgan fingerprint density at radius 2 is 2.24 bits per heavy atom. The lowest BCUT2D eigenvalue weighted by molar-refractivity contribution is -0.127. The molecule has 0 aliphatic carbocycles. The third-order valence-electron chi connectivity index (χ3n) is 3.01. The van der Waals surface area contributed by atoms with E-state index in [1.807, 2.05) is 0 Å². The van der Waals surface area contributed by atoms with Crippen molar-refractivity contribution in [2.24, 2.45) is 5.73 Å². The highest BCUT2D eigenvalue weighted by Gasteiger charge is 2.34. The van der Waals surface area contributed by atoms with Crippen molar-refractivity contribution < 1.29 is 23.9 Å². The molecule has 1 unspecified atom stereocenters. The lowest BCUT2D eigenvalue weighted by Crippen LogP contribution is -2.48. The Labute approximate surface area is 121 Å². The minimum absolute atomic E-state index is 0.284. The molecule has 1 aromatic carbocycles. The summed E-state index contributed by atoms with van der Waals surface area (Å²) in [7, 11) is 0. The maximum absolute atomic E-state index is 12.2. The van der Waals surface area contributed by atoms with Gasteiger partial charge in [0.15, 0.2) is 17.6 Å². The molecule has 0 radical (unpaired) electrons. The normalized spacial score (nSPS) is 17.0. The number of rotatable bonds is 5. The van der Waals surface area contributed by atoms with Crippen LogP contribution in [-0.2, 0) is 9.59 Å². The van der Waals surface area contributed by atoms with Gasteiger partial charge in [0.05, 0.1) is 12.3 Å². The zero-order valence-electron chi connectivity index (χ0n) is 11.8. The highest BCUT2D eigenvalue weighted by Crippen LogP contribution is 2.42. The van der Waals surface area contributed by atoms with Crippen LogP contribution in [0.2, 0.25) is 0 Å². The Kier molecular flexibility index (Phi) is 4.11. The van der Waals surface area contributed by atoms with Gasteiger partial charge in [-0.15, -0.1) is 0 Å². The molecular formula is C14H16N2O5. The number of primary amides is 1. The summed E-state index contributed by atoms with van der Waals surface area (Å²) in [5.74, 6) is -0.369. The summed E-state index contributed by atoms with van der Waals surface area (Å²) >= 11 is 0. The van der Waals surface area contributed by atoms with Crippen molar-refractivity contribution in [3.63, 3.8) is 0 Å². The van der Waals surface area contributed by atoms with Crippen LogP contribution in [0.15, 0.2) is 12.1 Å². The number of nitrogens with zero attached hydrogens (tertiary/aromatic N) is 1. The van der Waals surface area contributed by atoms with E-state index in [4.69, 9.17) is 15.2 Å². The Balaban J connectivity index is 2.59. The van der Waals surface area contributed by atoms with Gasteiger partial charge >= 0.3 is 0 Å². The van der Waals surface area contributed by atoms with Gasteiger partial charge in [-0.05, 0) is 26.0 Å². The molecule has 0 saturated carbocycles. The van der Waals surface area contributed by atoms with Crippen molar-refractivity contribution in [2.75, 3.05) is 18.1 Å². The topological polar surface area (TPSA) is 98.9 Å². The number of aldehydes is 1. The molecule has 1 aliphatic rings. The van der Waals surface area contributed by atoms with Crippen LogP contribution in [0.4, 0.5) is 5.69 Å². The summed E-state index contributed by atoms with van der Waals surface area (Å²) in [5, 5.41) is 0. The van der Waals surface area contributed by atoms with E-state index in [9.17, 15) is 14.4 Å². The number of hydrogen-bond acceptors (Lipinski definition) is 5. The van der Waals surface area contributed by atoms with Gasteiger partial charge in [0.2, 0.25) is 5.91 Å². The molecule has 0 bridgehead atoms. The van der Waals surface area contributed by atoms with Crippen molar-refractivity contribution in [1.29, 1.82) is 0 Å². The highest BCUT2D eigenvalue weighted by molar-refractivity contribution is 6.04. The van der Waals surface area contributed by atoms with Crippen LogP contribution in [0.3, 0.4) is 0 Å². The fourth-order valence-electron chi connectivity index (χ4n) is 2.14. The lowest BCUT2D eigenvalue weighted by Gasteiger charge is -2.33. The number of carbonyl (C=O) groups excluding carboxylic acids is 3. The van der Waals surface area contributed by atoms with Crippen LogP contribution in [0.1, 0.15) is 24.2 Å². The van der Waals surface area contributed by atoms with Gasteiger partial charge in [-0.2, -0.15) is 0 Å². The molecule has 2 rings (SSSR count). The van der Waals surface area contributed by atoms with Gasteiger partial charge in [0, 0.05) is 5.56 Å². The van der Waals surface area contributed by atoms with Crippen LogP contribution in [0, 0.1) is 0 Å². The Bertz CT molecular complexity index is 599.